The topological polar surface area (TPSA) is 83.5 Å². The van der Waals surface area contributed by atoms with Crippen molar-refractivity contribution in [2.75, 3.05) is 0 Å². The van der Waals surface area contributed by atoms with Gasteiger partial charge in [0.25, 0.3) is 0 Å². The summed E-state index contributed by atoms with van der Waals surface area (Å²) in [6, 6.07) is 4.57. The smallest absolute Gasteiger partial charge is 0.305 e. The molecule has 0 atom stereocenters. The summed E-state index contributed by atoms with van der Waals surface area (Å²) >= 11 is 5.91. The van der Waals surface area contributed by atoms with Crippen LogP contribution in [0.3, 0.4) is 0 Å². The molecule has 0 aliphatic heterocycles. The molecule has 2 N–H and O–H groups in total. The summed E-state index contributed by atoms with van der Waals surface area (Å²) in [5.41, 5.74) is -0.257. The van der Waals surface area contributed by atoms with Crippen LogP contribution in [-0.2, 0) is 14.8 Å². The van der Waals surface area contributed by atoms with E-state index in [1.165, 1.54) is 19.9 Å². The maximum Gasteiger partial charge on any atom is 0.305 e. The molecule has 0 bridgehead atoms. The van der Waals surface area contributed by atoms with Crippen molar-refractivity contribution in [3.8, 4) is 0 Å². The number of aryl methyl sites for hydroxylation is 1. The third-order valence-electron chi connectivity index (χ3n) is 2.38. The number of carboxylic acids is 1. The second-order valence-electron chi connectivity index (χ2n) is 4.99. The monoisotopic (exact) mass is 305 g/mol. The van der Waals surface area contributed by atoms with Gasteiger partial charge in [-0.2, -0.15) is 0 Å². The van der Waals surface area contributed by atoms with Crippen LogP contribution < -0.4 is 4.72 Å². The Morgan fingerprint density at radius 3 is 2.47 bits per heavy atom. The summed E-state index contributed by atoms with van der Waals surface area (Å²) in [4.78, 5) is 10.6. The lowest BCUT2D eigenvalue weighted by molar-refractivity contribution is -0.138. The molecule has 0 saturated heterocycles. The second-order valence-corrected chi connectivity index (χ2v) is 7.05. The number of rotatable bonds is 5. The zero-order chi connectivity index (χ0) is 14.8. The van der Waals surface area contributed by atoms with Crippen LogP contribution in [0.4, 0.5) is 0 Å². The lowest BCUT2D eigenvalue weighted by Gasteiger charge is -2.24. The van der Waals surface area contributed by atoms with E-state index in [9.17, 15) is 13.2 Å². The minimum atomic E-state index is -3.86. The van der Waals surface area contributed by atoms with Crippen LogP contribution in [0.1, 0.15) is 25.8 Å². The van der Waals surface area contributed by atoms with Crippen molar-refractivity contribution >= 4 is 27.6 Å². The quantitative estimate of drug-likeness (QED) is 0.873. The highest BCUT2D eigenvalue weighted by atomic mass is 35.5. The molecule has 0 fully saturated rings. The van der Waals surface area contributed by atoms with Crippen LogP contribution in [-0.4, -0.2) is 25.0 Å². The van der Waals surface area contributed by atoms with Crippen LogP contribution in [0.2, 0.25) is 5.02 Å². The largest absolute Gasteiger partial charge is 0.481 e. The van der Waals surface area contributed by atoms with Gasteiger partial charge in [0.05, 0.1) is 11.4 Å². The minimum absolute atomic E-state index is 0.0572. The normalized spacial score (nSPS) is 12.4. The number of sulfonamides is 1. The zero-order valence-corrected chi connectivity index (χ0v) is 12.5. The first kappa shape index (κ1) is 15.9. The number of halogens is 1. The van der Waals surface area contributed by atoms with E-state index in [4.69, 9.17) is 16.7 Å². The van der Waals surface area contributed by atoms with E-state index >= 15 is 0 Å². The molecular formula is C12H16ClNO4S. The molecule has 0 aliphatic rings. The fourth-order valence-electron chi connectivity index (χ4n) is 1.66. The summed E-state index contributed by atoms with van der Waals surface area (Å²) < 4.78 is 26.7. The average molecular weight is 306 g/mol. The molecule has 1 aromatic rings. The first-order valence-electron chi connectivity index (χ1n) is 5.55. The number of benzene rings is 1. The standard InChI is InChI=1S/C12H16ClNO4S/c1-8-4-5-10(9(13)6-8)19(17,18)14-12(2,3)7-11(15)16/h4-6,14H,7H2,1-3H3,(H,15,16). The molecule has 0 unspecified atom stereocenters. The fourth-order valence-corrected chi connectivity index (χ4v) is 3.67. The molecule has 0 saturated carbocycles. The van der Waals surface area contributed by atoms with Gasteiger partial charge < -0.3 is 5.11 Å². The van der Waals surface area contributed by atoms with Crippen LogP contribution in [0.15, 0.2) is 23.1 Å². The molecule has 1 rings (SSSR count). The van der Waals surface area contributed by atoms with Gasteiger partial charge in [0, 0.05) is 5.54 Å². The number of nitrogens with one attached hydrogen (secondary N) is 1. The van der Waals surface area contributed by atoms with E-state index < -0.39 is 21.5 Å². The van der Waals surface area contributed by atoms with Crippen LogP contribution in [0.25, 0.3) is 0 Å². The third kappa shape index (κ3) is 4.49. The molecule has 0 amide bonds. The Bertz CT molecular complexity index is 596. The number of aliphatic carboxylic acids is 1. The van der Waals surface area contributed by atoms with Gasteiger partial charge in [0.15, 0.2) is 0 Å². The van der Waals surface area contributed by atoms with Gasteiger partial charge in [-0.1, -0.05) is 17.7 Å². The summed E-state index contributed by atoms with van der Waals surface area (Å²) in [5, 5.41) is 8.86. The van der Waals surface area contributed by atoms with Crippen LogP contribution in [0.5, 0.6) is 0 Å². The molecule has 106 valence electrons. The molecule has 0 heterocycles. The van der Waals surface area contributed by atoms with Gasteiger partial charge in [0.1, 0.15) is 4.90 Å². The number of hydrogen-bond acceptors (Lipinski definition) is 3. The molecule has 1 aromatic carbocycles. The number of hydrogen-bond donors (Lipinski definition) is 2. The third-order valence-corrected chi connectivity index (χ3v) is 4.56. The van der Waals surface area contributed by atoms with Crippen molar-refractivity contribution in [1.29, 1.82) is 0 Å². The molecule has 19 heavy (non-hydrogen) atoms. The first-order chi connectivity index (χ1) is 8.53. The molecule has 0 radical (unpaired) electrons. The van der Waals surface area contributed by atoms with E-state index in [2.05, 4.69) is 4.72 Å². The van der Waals surface area contributed by atoms with Crippen LogP contribution >= 0.6 is 11.6 Å². The van der Waals surface area contributed by atoms with E-state index in [1.807, 2.05) is 0 Å². The van der Waals surface area contributed by atoms with Crippen molar-refractivity contribution in [3.63, 3.8) is 0 Å². The summed E-state index contributed by atoms with van der Waals surface area (Å²) in [6.07, 6.45) is -0.324. The van der Waals surface area contributed by atoms with Crippen molar-refractivity contribution in [2.45, 2.75) is 37.6 Å². The summed E-state index contributed by atoms with van der Waals surface area (Å²) in [6.45, 7) is 4.80. The van der Waals surface area contributed by atoms with Gasteiger partial charge in [-0.15, -0.1) is 0 Å². The average Bonchev–Trinajstić information content (AvgIpc) is 2.11. The van der Waals surface area contributed by atoms with Crippen molar-refractivity contribution in [2.24, 2.45) is 0 Å². The van der Waals surface area contributed by atoms with E-state index in [1.54, 1.807) is 19.1 Å². The predicted octanol–water partition coefficient (Wildman–Crippen LogP) is 2.18. The minimum Gasteiger partial charge on any atom is -0.481 e. The Morgan fingerprint density at radius 2 is 2.00 bits per heavy atom. The van der Waals surface area contributed by atoms with Gasteiger partial charge >= 0.3 is 5.97 Å². The van der Waals surface area contributed by atoms with Gasteiger partial charge in [-0.25, -0.2) is 13.1 Å². The van der Waals surface area contributed by atoms with Gasteiger partial charge in [-0.05, 0) is 38.5 Å². The van der Waals surface area contributed by atoms with E-state index in [-0.39, 0.29) is 16.3 Å². The van der Waals surface area contributed by atoms with Crippen LogP contribution in [0, 0.1) is 6.92 Å². The fraction of sp³-hybridized carbons (Fsp3) is 0.417. The summed E-state index contributed by atoms with van der Waals surface area (Å²) in [5.74, 6) is -1.08. The van der Waals surface area contributed by atoms with Crippen molar-refractivity contribution in [3.05, 3.63) is 28.8 Å². The molecule has 7 heteroatoms. The van der Waals surface area contributed by atoms with E-state index in [0.717, 1.165) is 5.56 Å². The Labute approximate surface area is 117 Å². The maximum atomic E-state index is 12.2. The molecule has 5 nitrogen and oxygen atoms in total. The lowest BCUT2D eigenvalue weighted by atomic mass is 10.0. The van der Waals surface area contributed by atoms with Gasteiger partial charge in [-0.3, -0.25) is 4.79 Å². The SMILES string of the molecule is Cc1ccc(S(=O)(=O)NC(C)(C)CC(=O)O)c(Cl)c1. The first-order valence-corrected chi connectivity index (χ1v) is 7.41. The summed E-state index contributed by atoms with van der Waals surface area (Å²) in [7, 11) is -3.86. The number of carbonyl (C=O) groups is 1. The van der Waals surface area contributed by atoms with Gasteiger partial charge in [0.2, 0.25) is 10.0 Å². The number of carboxylic acid groups (broad SMARTS) is 1. The second kappa shape index (κ2) is 5.48. The highest BCUT2D eigenvalue weighted by Gasteiger charge is 2.29. The van der Waals surface area contributed by atoms with Crippen molar-refractivity contribution in [1.82, 2.24) is 4.72 Å². The van der Waals surface area contributed by atoms with Crippen molar-refractivity contribution < 1.29 is 18.3 Å². The van der Waals surface area contributed by atoms with E-state index in [0.29, 0.717) is 0 Å². The molecule has 0 aliphatic carbocycles. The highest BCUT2D eigenvalue weighted by Crippen LogP contribution is 2.24. The maximum absolute atomic E-state index is 12.2. The predicted molar refractivity (Wildman–Crippen MR) is 72.8 cm³/mol. The zero-order valence-electron chi connectivity index (χ0n) is 10.9. The Hall–Kier alpha value is -1.11. The highest BCUT2D eigenvalue weighted by molar-refractivity contribution is 7.89. The Morgan fingerprint density at radius 1 is 1.42 bits per heavy atom. The Kier molecular flexibility index (Phi) is 4.60. The molecule has 0 spiro atoms. The Balaban J connectivity index is 3.08. The lowest BCUT2D eigenvalue weighted by Crippen LogP contribution is -2.44. The molecular weight excluding hydrogens is 290 g/mol. The molecule has 0 aromatic heterocycles.